The van der Waals surface area contributed by atoms with Crippen LogP contribution in [0.5, 0.6) is 11.5 Å². The van der Waals surface area contributed by atoms with Gasteiger partial charge >= 0.3 is 0 Å². The molecular formula is C24H22N4O3. The Morgan fingerprint density at radius 2 is 1.84 bits per heavy atom. The summed E-state index contributed by atoms with van der Waals surface area (Å²) in [4.78, 5) is 31.9. The minimum Gasteiger partial charge on any atom is -0.457 e. The van der Waals surface area contributed by atoms with Crippen molar-refractivity contribution in [2.24, 2.45) is 0 Å². The van der Waals surface area contributed by atoms with E-state index in [4.69, 9.17) is 4.74 Å². The van der Waals surface area contributed by atoms with Crippen molar-refractivity contribution in [3.05, 3.63) is 84.8 Å². The van der Waals surface area contributed by atoms with Gasteiger partial charge in [-0.3, -0.25) is 14.6 Å². The third-order valence-corrected chi connectivity index (χ3v) is 4.78. The summed E-state index contributed by atoms with van der Waals surface area (Å²) in [5.41, 5.74) is 2.52. The van der Waals surface area contributed by atoms with Crippen molar-refractivity contribution in [2.45, 2.75) is 19.4 Å². The van der Waals surface area contributed by atoms with E-state index in [0.717, 1.165) is 16.5 Å². The van der Waals surface area contributed by atoms with Gasteiger partial charge in [0.2, 0.25) is 11.8 Å². The standard InChI is InChI=1S/C24H22N4O3/c1-16(29)27-23(13-17-15-26-22-8-3-2-7-21(17)22)24(30)28-18-5-4-6-20(14-18)31-19-9-11-25-12-10-19/h2-12,14-15,23,26H,13H2,1H3,(H,27,29)(H,28,30). The number of rotatable bonds is 7. The molecule has 0 radical (unpaired) electrons. The number of hydrogen-bond acceptors (Lipinski definition) is 4. The molecule has 31 heavy (non-hydrogen) atoms. The Labute approximate surface area is 179 Å². The minimum atomic E-state index is -0.721. The third kappa shape index (κ3) is 5.08. The van der Waals surface area contributed by atoms with Crippen LogP contribution >= 0.6 is 0 Å². The lowest BCUT2D eigenvalue weighted by Crippen LogP contribution is -2.44. The number of carbonyl (C=O) groups is 2. The fourth-order valence-corrected chi connectivity index (χ4v) is 3.38. The van der Waals surface area contributed by atoms with Crippen LogP contribution in [0.4, 0.5) is 5.69 Å². The van der Waals surface area contributed by atoms with Crippen molar-refractivity contribution in [1.29, 1.82) is 0 Å². The number of para-hydroxylation sites is 1. The van der Waals surface area contributed by atoms with Gasteiger partial charge in [-0.05, 0) is 35.9 Å². The van der Waals surface area contributed by atoms with Crippen LogP contribution in [0.3, 0.4) is 0 Å². The predicted octanol–water partition coefficient (Wildman–Crippen LogP) is 4.04. The van der Waals surface area contributed by atoms with E-state index in [9.17, 15) is 9.59 Å². The van der Waals surface area contributed by atoms with E-state index in [1.165, 1.54) is 6.92 Å². The number of nitrogens with zero attached hydrogens (tertiary/aromatic N) is 1. The molecule has 1 atom stereocenters. The topological polar surface area (TPSA) is 96.1 Å². The van der Waals surface area contributed by atoms with E-state index < -0.39 is 6.04 Å². The number of amides is 2. The molecule has 0 aliphatic carbocycles. The predicted molar refractivity (Wildman–Crippen MR) is 119 cm³/mol. The highest BCUT2D eigenvalue weighted by Crippen LogP contribution is 2.24. The molecule has 4 aromatic rings. The Morgan fingerprint density at radius 1 is 1.03 bits per heavy atom. The zero-order valence-electron chi connectivity index (χ0n) is 17.0. The molecule has 3 N–H and O–H groups in total. The maximum atomic E-state index is 13.0. The highest BCUT2D eigenvalue weighted by atomic mass is 16.5. The number of benzene rings is 2. The second-order valence-electron chi connectivity index (χ2n) is 7.12. The Morgan fingerprint density at radius 3 is 2.65 bits per heavy atom. The number of pyridine rings is 1. The van der Waals surface area contributed by atoms with E-state index >= 15 is 0 Å². The van der Waals surface area contributed by atoms with E-state index in [0.29, 0.717) is 23.6 Å². The average molecular weight is 414 g/mol. The highest BCUT2D eigenvalue weighted by Gasteiger charge is 2.21. The van der Waals surface area contributed by atoms with Crippen LogP contribution in [0.15, 0.2) is 79.3 Å². The van der Waals surface area contributed by atoms with Crippen LogP contribution in [0.2, 0.25) is 0 Å². The molecule has 0 spiro atoms. The maximum Gasteiger partial charge on any atom is 0.247 e. The van der Waals surface area contributed by atoms with Gasteiger partial charge in [0.15, 0.2) is 0 Å². The smallest absolute Gasteiger partial charge is 0.247 e. The van der Waals surface area contributed by atoms with Gasteiger partial charge < -0.3 is 20.4 Å². The summed E-state index contributed by atoms with van der Waals surface area (Å²) in [6.07, 6.45) is 5.52. The summed E-state index contributed by atoms with van der Waals surface area (Å²) in [5, 5.41) is 6.66. The number of fused-ring (bicyclic) bond motifs is 1. The van der Waals surface area contributed by atoms with Crippen LogP contribution in [0.25, 0.3) is 10.9 Å². The normalized spacial score (nSPS) is 11.6. The minimum absolute atomic E-state index is 0.269. The first-order valence-electron chi connectivity index (χ1n) is 9.89. The van der Waals surface area contributed by atoms with E-state index in [-0.39, 0.29) is 11.8 Å². The maximum absolute atomic E-state index is 13.0. The highest BCUT2D eigenvalue weighted by molar-refractivity contribution is 5.97. The zero-order chi connectivity index (χ0) is 21.6. The molecular weight excluding hydrogens is 392 g/mol. The van der Waals surface area contributed by atoms with Crippen molar-refractivity contribution in [2.75, 3.05) is 5.32 Å². The number of nitrogens with one attached hydrogen (secondary N) is 3. The number of hydrogen-bond donors (Lipinski definition) is 3. The molecule has 0 aliphatic heterocycles. The van der Waals surface area contributed by atoms with Gasteiger partial charge in [0, 0.05) is 54.6 Å². The molecule has 1 unspecified atom stereocenters. The number of aromatic amines is 1. The van der Waals surface area contributed by atoms with E-state index in [1.807, 2.05) is 30.5 Å². The molecule has 0 bridgehead atoms. The monoisotopic (exact) mass is 414 g/mol. The molecule has 0 aliphatic rings. The Balaban J connectivity index is 1.50. The van der Waals surface area contributed by atoms with Gasteiger partial charge in [0.25, 0.3) is 0 Å². The number of carbonyl (C=O) groups excluding carboxylic acids is 2. The van der Waals surface area contributed by atoms with Crippen LogP contribution in [0, 0.1) is 0 Å². The van der Waals surface area contributed by atoms with Crippen LogP contribution in [-0.2, 0) is 16.0 Å². The van der Waals surface area contributed by atoms with Crippen molar-refractivity contribution in [3.8, 4) is 11.5 Å². The van der Waals surface area contributed by atoms with Crippen LogP contribution in [-0.4, -0.2) is 27.8 Å². The second-order valence-corrected chi connectivity index (χ2v) is 7.12. The van der Waals surface area contributed by atoms with Gasteiger partial charge in [-0.15, -0.1) is 0 Å². The fraction of sp³-hybridized carbons (Fsp3) is 0.125. The van der Waals surface area contributed by atoms with Crippen LogP contribution in [0.1, 0.15) is 12.5 Å². The molecule has 4 rings (SSSR count). The Kier molecular flexibility index (Phi) is 5.93. The molecule has 0 saturated heterocycles. The first kappa shape index (κ1) is 20.2. The molecule has 2 aromatic heterocycles. The summed E-state index contributed by atoms with van der Waals surface area (Å²) >= 11 is 0. The van der Waals surface area contributed by atoms with Crippen LogP contribution < -0.4 is 15.4 Å². The van der Waals surface area contributed by atoms with Gasteiger partial charge in [0.05, 0.1) is 0 Å². The first-order chi connectivity index (χ1) is 15.1. The third-order valence-electron chi connectivity index (χ3n) is 4.78. The molecule has 0 fully saturated rings. The van der Waals surface area contributed by atoms with Crippen molar-refractivity contribution in [3.63, 3.8) is 0 Å². The largest absolute Gasteiger partial charge is 0.457 e. The summed E-state index contributed by atoms with van der Waals surface area (Å²) in [6.45, 7) is 1.40. The summed E-state index contributed by atoms with van der Waals surface area (Å²) < 4.78 is 5.79. The molecule has 2 heterocycles. The summed E-state index contributed by atoms with van der Waals surface area (Å²) in [7, 11) is 0. The molecule has 7 heteroatoms. The number of anilines is 1. The Bertz CT molecular complexity index is 1200. The molecule has 156 valence electrons. The SMILES string of the molecule is CC(=O)NC(Cc1c[nH]c2ccccc12)C(=O)Nc1cccc(Oc2ccncc2)c1. The molecule has 0 saturated carbocycles. The van der Waals surface area contributed by atoms with Crippen molar-refractivity contribution >= 4 is 28.4 Å². The molecule has 7 nitrogen and oxygen atoms in total. The second kappa shape index (κ2) is 9.13. The van der Waals surface area contributed by atoms with Gasteiger partial charge in [-0.2, -0.15) is 0 Å². The lowest BCUT2D eigenvalue weighted by molar-refractivity contribution is -0.125. The lowest BCUT2D eigenvalue weighted by Gasteiger charge is -2.18. The van der Waals surface area contributed by atoms with Gasteiger partial charge in [0.1, 0.15) is 17.5 Å². The summed E-state index contributed by atoms with van der Waals surface area (Å²) in [6, 6.07) is 17.7. The van der Waals surface area contributed by atoms with E-state index in [2.05, 4.69) is 20.6 Å². The van der Waals surface area contributed by atoms with Crippen molar-refractivity contribution < 1.29 is 14.3 Å². The number of H-pyrrole nitrogens is 1. The average Bonchev–Trinajstić information content (AvgIpc) is 3.17. The quantitative estimate of drug-likeness (QED) is 0.425. The number of aromatic nitrogens is 2. The fourth-order valence-electron chi connectivity index (χ4n) is 3.38. The van der Waals surface area contributed by atoms with E-state index in [1.54, 1.807) is 48.8 Å². The summed E-state index contributed by atoms with van der Waals surface area (Å²) in [5.74, 6) is 0.655. The molecule has 2 amide bonds. The van der Waals surface area contributed by atoms with Gasteiger partial charge in [-0.25, -0.2) is 0 Å². The lowest BCUT2D eigenvalue weighted by atomic mass is 10.0. The zero-order valence-corrected chi connectivity index (χ0v) is 17.0. The van der Waals surface area contributed by atoms with Crippen molar-refractivity contribution in [1.82, 2.24) is 15.3 Å². The first-order valence-corrected chi connectivity index (χ1v) is 9.89. The molecule has 2 aromatic carbocycles. The number of ether oxygens (including phenoxy) is 1. The Hall–Kier alpha value is -4.13. The van der Waals surface area contributed by atoms with Gasteiger partial charge in [-0.1, -0.05) is 24.3 Å².